The Bertz CT molecular complexity index is 1580. The summed E-state index contributed by atoms with van der Waals surface area (Å²) < 4.78 is 20.7. The Balaban J connectivity index is 1.33. The fourth-order valence-electron chi connectivity index (χ4n) is 3.78. The smallest absolute Gasteiger partial charge is 0.345 e. The molecule has 13 heteroatoms. The van der Waals surface area contributed by atoms with Gasteiger partial charge in [0.05, 0.1) is 6.20 Å². The zero-order valence-corrected chi connectivity index (χ0v) is 19.8. The number of fused-ring (bicyclic) bond motifs is 2. The third kappa shape index (κ3) is 5.02. The Hall–Kier alpha value is -4.65. The van der Waals surface area contributed by atoms with Crippen molar-refractivity contribution in [3.63, 3.8) is 0 Å². The number of ether oxygens (including phenoxy) is 1. The normalized spacial score (nSPS) is 12.6. The van der Waals surface area contributed by atoms with Crippen LogP contribution in [0.1, 0.15) is 47.3 Å². The molecule has 11 nitrogen and oxygen atoms in total. The van der Waals surface area contributed by atoms with Gasteiger partial charge < -0.3 is 20.5 Å². The number of carbonyl (C=O) groups excluding carboxylic acids is 3. The number of Topliss-reactive ketones (excluding diaryl/α,β-unsaturated/α-hetero) is 1. The number of hydrogen-bond acceptors (Lipinski definition) is 8. The van der Waals surface area contributed by atoms with E-state index in [-0.39, 0.29) is 53.8 Å². The van der Waals surface area contributed by atoms with Crippen LogP contribution < -0.4 is 15.4 Å². The van der Waals surface area contributed by atoms with Gasteiger partial charge in [0, 0.05) is 31.1 Å². The van der Waals surface area contributed by atoms with E-state index in [4.69, 9.17) is 9.84 Å². The number of carboxylic acids is 1. The molecule has 1 aromatic carbocycles. The second kappa shape index (κ2) is 9.78. The number of carbonyl (C=O) groups is 4. The molecule has 188 valence electrons. The number of thiophene rings is 1. The number of amides is 2. The molecule has 37 heavy (non-hydrogen) atoms. The Morgan fingerprint density at radius 3 is 2.68 bits per heavy atom. The van der Waals surface area contributed by atoms with Crippen molar-refractivity contribution in [1.29, 1.82) is 0 Å². The predicted octanol–water partition coefficient (Wildman–Crippen LogP) is 1.99. The summed E-state index contributed by atoms with van der Waals surface area (Å²) >= 11 is 1.02. The number of nitrogens with one attached hydrogen (secondary N) is 2. The minimum atomic E-state index is -1.07. The monoisotopic (exact) mass is 523 g/mol. The summed E-state index contributed by atoms with van der Waals surface area (Å²) in [5.74, 6) is -2.61. The minimum Gasteiger partial charge on any atom is -0.486 e. The van der Waals surface area contributed by atoms with E-state index in [2.05, 4.69) is 20.7 Å². The molecule has 1 aliphatic rings. The summed E-state index contributed by atoms with van der Waals surface area (Å²) in [6.07, 6.45) is 1.13. The highest BCUT2D eigenvalue weighted by atomic mass is 32.1. The van der Waals surface area contributed by atoms with Gasteiger partial charge in [0.1, 0.15) is 28.6 Å². The van der Waals surface area contributed by atoms with E-state index in [1.54, 1.807) is 23.6 Å². The Morgan fingerprint density at radius 1 is 1.11 bits per heavy atom. The van der Waals surface area contributed by atoms with E-state index >= 15 is 0 Å². The first-order valence-electron chi connectivity index (χ1n) is 11.0. The Kier molecular flexibility index (Phi) is 6.36. The largest absolute Gasteiger partial charge is 0.486 e. The third-order valence-electron chi connectivity index (χ3n) is 5.57. The van der Waals surface area contributed by atoms with E-state index in [0.29, 0.717) is 11.3 Å². The first-order valence-corrected chi connectivity index (χ1v) is 11.8. The molecule has 0 saturated heterocycles. The average molecular weight is 524 g/mol. The summed E-state index contributed by atoms with van der Waals surface area (Å²) in [4.78, 5) is 52.6. The van der Waals surface area contributed by atoms with Gasteiger partial charge in [0.25, 0.3) is 11.8 Å². The number of rotatable bonds is 7. The van der Waals surface area contributed by atoms with Gasteiger partial charge in [-0.1, -0.05) is 6.07 Å². The molecular formula is C24H18FN5O6S. The van der Waals surface area contributed by atoms with Crippen LogP contribution in [0.4, 0.5) is 4.39 Å². The van der Waals surface area contributed by atoms with Gasteiger partial charge in [-0.2, -0.15) is 5.10 Å². The van der Waals surface area contributed by atoms with Gasteiger partial charge in [-0.15, -0.1) is 11.3 Å². The van der Waals surface area contributed by atoms with Gasteiger partial charge in [0.2, 0.25) is 0 Å². The van der Waals surface area contributed by atoms with Crippen molar-refractivity contribution < 1.29 is 33.4 Å². The van der Waals surface area contributed by atoms with Crippen molar-refractivity contribution in [2.24, 2.45) is 0 Å². The van der Waals surface area contributed by atoms with E-state index < -0.39 is 23.6 Å². The van der Waals surface area contributed by atoms with Gasteiger partial charge in [-0.05, 0) is 34.7 Å². The lowest BCUT2D eigenvalue weighted by Crippen LogP contribution is -2.28. The molecule has 0 spiro atoms. The van der Waals surface area contributed by atoms with Crippen molar-refractivity contribution >= 4 is 40.6 Å². The number of ketones is 1. The van der Waals surface area contributed by atoms with Crippen molar-refractivity contribution in [1.82, 2.24) is 25.2 Å². The number of halogens is 1. The lowest BCUT2D eigenvalue weighted by atomic mass is 10.0. The van der Waals surface area contributed by atoms with E-state index in [9.17, 15) is 23.6 Å². The number of benzene rings is 1. The van der Waals surface area contributed by atoms with Crippen LogP contribution >= 0.6 is 11.3 Å². The lowest BCUT2D eigenvalue weighted by molar-refractivity contribution is -0.121. The van der Waals surface area contributed by atoms with Gasteiger partial charge >= 0.3 is 5.97 Å². The maximum atomic E-state index is 14.3. The first kappa shape index (κ1) is 24.1. The van der Waals surface area contributed by atoms with Crippen molar-refractivity contribution in [2.75, 3.05) is 6.61 Å². The fourth-order valence-corrected chi connectivity index (χ4v) is 4.53. The van der Waals surface area contributed by atoms with Crippen LogP contribution in [0.15, 0.2) is 41.9 Å². The molecule has 3 aromatic heterocycles. The molecule has 0 bridgehead atoms. The summed E-state index contributed by atoms with van der Waals surface area (Å²) in [5, 5.41) is 19.8. The van der Waals surface area contributed by atoms with Crippen LogP contribution in [0.3, 0.4) is 0 Å². The van der Waals surface area contributed by atoms with Crippen molar-refractivity contribution in [3.8, 4) is 5.75 Å². The molecule has 0 aliphatic carbocycles. The molecular weight excluding hydrogens is 505 g/mol. The second-order valence-electron chi connectivity index (χ2n) is 8.19. The second-order valence-corrected chi connectivity index (χ2v) is 9.10. The van der Waals surface area contributed by atoms with Crippen LogP contribution in [0.2, 0.25) is 0 Å². The summed E-state index contributed by atoms with van der Waals surface area (Å²) in [7, 11) is 0. The molecule has 4 aromatic rings. The summed E-state index contributed by atoms with van der Waals surface area (Å²) in [6.45, 7) is 0.150. The molecule has 0 radical (unpaired) electrons. The number of hydrogen-bond donors (Lipinski definition) is 3. The number of aromatic nitrogens is 3. The summed E-state index contributed by atoms with van der Waals surface area (Å²) in [6, 6.07) is 7.87. The zero-order chi connectivity index (χ0) is 26.1. The van der Waals surface area contributed by atoms with Crippen molar-refractivity contribution in [2.45, 2.75) is 19.5 Å². The molecule has 0 saturated carbocycles. The van der Waals surface area contributed by atoms with Gasteiger partial charge in [0.15, 0.2) is 17.2 Å². The van der Waals surface area contributed by atoms with E-state index in [1.165, 1.54) is 12.1 Å². The van der Waals surface area contributed by atoms with E-state index in [1.807, 2.05) is 0 Å². The van der Waals surface area contributed by atoms with Crippen LogP contribution in [-0.4, -0.2) is 49.9 Å². The SMILES string of the molecule is O=C1COc2ccc(CNC(=O)c3cc(C(=O)NCc4csc(C(=O)O)c4)n4ncc(F)c4n3)cc2C1. The summed E-state index contributed by atoms with van der Waals surface area (Å²) in [5.41, 5.74) is 1.39. The molecule has 1 aliphatic heterocycles. The molecule has 0 unspecified atom stereocenters. The standard InChI is InChI=1S/C24H18FN5O6S/c25-16-9-28-30-18(23(33)27-8-13-4-20(24(34)35)37-11-13)6-17(29-21(16)30)22(32)26-7-12-1-2-19-14(3-12)5-15(31)10-36-19/h1-4,6,9,11H,5,7-8,10H2,(H,26,32)(H,27,33)(H,34,35). The highest BCUT2D eigenvalue weighted by molar-refractivity contribution is 7.12. The maximum absolute atomic E-state index is 14.3. The third-order valence-corrected chi connectivity index (χ3v) is 6.53. The average Bonchev–Trinajstić information content (AvgIpc) is 3.52. The van der Waals surface area contributed by atoms with Gasteiger partial charge in [-0.25, -0.2) is 18.7 Å². The fraction of sp³-hybridized carbons (Fsp3) is 0.167. The van der Waals surface area contributed by atoms with Gasteiger partial charge in [-0.3, -0.25) is 14.4 Å². The number of carboxylic acid groups (broad SMARTS) is 1. The number of aromatic carboxylic acids is 1. The minimum absolute atomic E-state index is 0.0161. The molecule has 5 rings (SSSR count). The maximum Gasteiger partial charge on any atom is 0.345 e. The van der Waals surface area contributed by atoms with Crippen LogP contribution in [0.25, 0.3) is 5.65 Å². The zero-order valence-electron chi connectivity index (χ0n) is 19.0. The molecule has 2 amide bonds. The predicted molar refractivity (Wildman–Crippen MR) is 127 cm³/mol. The first-order chi connectivity index (χ1) is 17.8. The van der Waals surface area contributed by atoms with Crippen molar-refractivity contribution in [3.05, 3.63) is 80.7 Å². The molecule has 4 heterocycles. The van der Waals surface area contributed by atoms with Crippen LogP contribution in [0, 0.1) is 5.82 Å². The quantitative estimate of drug-likeness (QED) is 0.333. The molecule has 3 N–H and O–H groups in total. The Morgan fingerprint density at radius 2 is 1.89 bits per heavy atom. The molecule has 0 fully saturated rings. The lowest BCUT2D eigenvalue weighted by Gasteiger charge is -2.17. The van der Waals surface area contributed by atoms with Crippen LogP contribution in [0.5, 0.6) is 5.75 Å². The van der Waals surface area contributed by atoms with E-state index in [0.717, 1.165) is 33.2 Å². The number of nitrogens with zero attached hydrogens (tertiary/aromatic N) is 3. The highest BCUT2D eigenvalue weighted by Gasteiger charge is 2.21. The Labute approximate surface area is 211 Å². The molecule has 0 atom stereocenters. The highest BCUT2D eigenvalue weighted by Crippen LogP contribution is 2.24. The topological polar surface area (TPSA) is 152 Å². The van der Waals surface area contributed by atoms with Crippen LogP contribution in [-0.2, 0) is 24.3 Å².